The number of hydrogen-bond donors (Lipinski definition) is 0. The lowest BCUT2D eigenvalue weighted by Crippen LogP contribution is -2.48. The van der Waals surface area contributed by atoms with Gasteiger partial charge in [-0.1, -0.05) is 97.1 Å². The first-order valence-corrected chi connectivity index (χ1v) is 12.6. The molecule has 1 aliphatic carbocycles. The van der Waals surface area contributed by atoms with Crippen LogP contribution in [0.4, 0.5) is 10.1 Å². The molecule has 1 saturated heterocycles. The Hall–Kier alpha value is -4.64. The molecule has 38 heavy (non-hydrogen) atoms. The molecule has 4 aromatic rings. The molecule has 0 saturated carbocycles. The molecule has 1 fully saturated rings. The maximum Gasteiger partial charge on any atom is 0.188 e. The monoisotopic (exact) mass is 499 g/mol. The van der Waals surface area contributed by atoms with Gasteiger partial charge < -0.3 is 4.90 Å². The van der Waals surface area contributed by atoms with Crippen molar-refractivity contribution in [2.45, 2.75) is 18.0 Å². The second kappa shape index (κ2) is 8.18. The molecule has 0 aromatic heterocycles. The molecule has 0 radical (unpaired) electrons. The highest BCUT2D eigenvalue weighted by Gasteiger charge is 2.71. The van der Waals surface area contributed by atoms with E-state index in [4.69, 9.17) is 0 Å². The summed E-state index contributed by atoms with van der Waals surface area (Å²) in [5.74, 6) is -2.52. The SMILES string of the molecule is O=C(c1ccccc1F)[C@H]1[C@H](c2ccccc2)C2(C(=O)c3ccccc3C2=O)[C@H]2C=Cc3ccccc3N12. The Kier molecular flexibility index (Phi) is 4.86. The van der Waals surface area contributed by atoms with Gasteiger partial charge in [0.05, 0.1) is 11.6 Å². The van der Waals surface area contributed by atoms with Crippen molar-refractivity contribution in [3.05, 3.63) is 143 Å². The number of anilines is 1. The summed E-state index contributed by atoms with van der Waals surface area (Å²) in [7, 11) is 0. The second-order valence-corrected chi connectivity index (χ2v) is 10.0. The number of ketones is 3. The third-order valence-electron chi connectivity index (χ3n) is 8.28. The fourth-order valence-electron chi connectivity index (χ4n) is 6.77. The summed E-state index contributed by atoms with van der Waals surface area (Å²) >= 11 is 0. The van der Waals surface area contributed by atoms with E-state index >= 15 is 4.39 Å². The predicted octanol–water partition coefficient (Wildman–Crippen LogP) is 6.14. The van der Waals surface area contributed by atoms with Crippen LogP contribution in [0.15, 0.2) is 109 Å². The third kappa shape index (κ3) is 2.81. The van der Waals surface area contributed by atoms with Crippen LogP contribution >= 0.6 is 0 Å². The van der Waals surface area contributed by atoms with Gasteiger partial charge in [0.15, 0.2) is 17.3 Å². The first-order chi connectivity index (χ1) is 18.5. The Labute approximate surface area is 219 Å². The van der Waals surface area contributed by atoms with E-state index in [0.717, 1.165) is 11.3 Å². The lowest BCUT2D eigenvalue weighted by Gasteiger charge is -2.37. The largest absolute Gasteiger partial charge is 0.352 e. The highest BCUT2D eigenvalue weighted by atomic mass is 19.1. The van der Waals surface area contributed by atoms with E-state index in [2.05, 4.69) is 0 Å². The number of fused-ring (bicyclic) bond motifs is 5. The third-order valence-corrected chi connectivity index (χ3v) is 8.28. The van der Waals surface area contributed by atoms with Crippen LogP contribution in [-0.2, 0) is 0 Å². The van der Waals surface area contributed by atoms with Crippen LogP contribution in [0.5, 0.6) is 0 Å². The van der Waals surface area contributed by atoms with E-state index in [1.54, 1.807) is 36.4 Å². The van der Waals surface area contributed by atoms with Crippen molar-refractivity contribution < 1.29 is 18.8 Å². The van der Waals surface area contributed by atoms with Crippen LogP contribution in [0, 0.1) is 11.2 Å². The molecule has 5 heteroatoms. The molecule has 184 valence electrons. The van der Waals surface area contributed by atoms with Crippen LogP contribution in [0.3, 0.4) is 0 Å². The first kappa shape index (κ1) is 22.5. The maximum atomic E-state index is 15.1. The molecule has 4 aromatic carbocycles. The maximum absolute atomic E-state index is 15.1. The van der Waals surface area contributed by atoms with E-state index < -0.39 is 35.0 Å². The number of Topliss-reactive ketones (excluding diaryl/α,β-unsaturated/α-hetero) is 3. The summed E-state index contributed by atoms with van der Waals surface area (Å²) in [5.41, 5.74) is 1.39. The molecular formula is C33H22FNO3. The molecule has 0 unspecified atom stereocenters. The molecule has 0 N–H and O–H groups in total. The normalized spacial score (nSPS) is 22.3. The van der Waals surface area contributed by atoms with E-state index in [0.29, 0.717) is 16.7 Å². The lowest BCUT2D eigenvalue weighted by atomic mass is 9.64. The van der Waals surface area contributed by atoms with Crippen LogP contribution in [-0.4, -0.2) is 29.4 Å². The number of carbonyl (C=O) groups is 3. The average molecular weight is 500 g/mol. The van der Waals surface area contributed by atoms with Crippen LogP contribution < -0.4 is 4.90 Å². The molecule has 0 amide bonds. The molecule has 7 rings (SSSR count). The Bertz CT molecular complexity index is 1640. The van der Waals surface area contributed by atoms with E-state index in [1.165, 1.54) is 12.1 Å². The number of benzene rings is 4. The fourth-order valence-corrected chi connectivity index (χ4v) is 6.77. The van der Waals surface area contributed by atoms with Gasteiger partial charge in [-0.05, 0) is 29.3 Å². The lowest BCUT2D eigenvalue weighted by molar-refractivity contribution is 0.0666. The Morgan fingerprint density at radius 1 is 0.737 bits per heavy atom. The van der Waals surface area contributed by atoms with Crippen molar-refractivity contribution in [3.8, 4) is 0 Å². The quantitative estimate of drug-likeness (QED) is 0.251. The average Bonchev–Trinajstić information content (AvgIpc) is 3.40. The summed E-state index contributed by atoms with van der Waals surface area (Å²) in [6, 6.07) is 27.9. The van der Waals surface area contributed by atoms with Crippen molar-refractivity contribution in [1.29, 1.82) is 0 Å². The van der Waals surface area contributed by atoms with Gasteiger partial charge in [0.1, 0.15) is 17.3 Å². The Balaban J connectivity index is 1.56. The number of carbonyl (C=O) groups excluding carboxylic acids is 3. The minimum Gasteiger partial charge on any atom is -0.352 e. The summed E-state index contributed by atoms with van der Waals surface area (Å²) in [6.07, 6.45) is 3.79. The molecule has 2 aliphatic heterocycles. The summed E-state index contributed by atoms with van der Waals surface area (Å²) in [5, 5.41) is 0. The van der Waals surface area contributed by atoms with Gasteiger partial charge in [-0.25, -0.2) is 4.39 Å². The summed E-state index contributed by atoms with van der Waals surface area (Å²) in [6.45, 7) is 0. The zero-order valence-corrected chi connectivity index (χ0v) is 20.3. The topological polar surface area (TPSA) is 54.5 Å². The highest BCUT2D eigenvalue weighted by Crippen LogP contribution is 2.60. The standard InChI is InChI=1S/C33H22FNO3/c34-25-16-8-7-15-24(25)30(36)29-28(21-11-2-1-3-12-21)33(31(37)22-13-5-6-14-23(22)32(33)38)27-19-18-20-10-4-9-17-26(20)35(27)29/h1-19,27-29H/t27-,28+,29-/m1/s1. The minimum atomic E-state index is -1.58. The molecule has 3 aliphatic rings. The molecule has 4 nitrogen and oxygen atoms in total. The van der Waals surface area contributed by atoms with Gasteiger partial charge in [0.2, 0.25) is 0 Å². The predicted molar refractivity (Wildman–Crippen MR) is 143 cm³/mol. The smallest absolute Gasteiger partial charge is 0.188 e. The van der Waals surface area contributed by atoms with E-state index in [9.17, 15) is 14.4 Å². The van der Waals surface area contributed by atoms with Crippen LogP contribution in [0.25, 0.3) is 6.08 Å². The van der Waals surface area contributed by atoms with Gasteiger partial charge in [0.25, 0.3) is 0 Å². The number of hydrogen-bond acceptors (Lipinski definition) is 4. The Morgan fingerprint density at radius 3 is 2.05 bits per heavy atom. The van der Waals surface area contributed by atoms with Gasteiger partial charge in [-0.15, -0.1) is 0 Å². The van der Waals surface area contributed by atoms with Gasteiger partial charge in [-0.3, -0.25) is 14.4 Å². The van der Waals surface area contributed by atoms with Crippen LogP contribution in [0.1, 0.15) is 48.1 Å². The second-order valence-electron chi connectivity index (χ2n) is 10.0. The van der Waals surface area contributed by atoms with Crippen molar-refractivity contribution in [3.63, 3.8) is 0 Å². The Morgan fingerprint density at radius 2 is 1.34 bits per heavy atom. The van der Waals surface area contributed by atoms with Crippen molar-refractivity contribution in [1.82, 2.24) is 0 Å². The number of rotatable bonds is 3. The zero-order valence-electron chi connectivity index (χ0n) is 20.3. The molecule has 0 bridgehead atoms. The number of nitrogens with zero attached hydrogens (tertiary/aromatic N) is 1. The van der Waals surface area contributed by atoms with E-state index in [-0.39, 0.29) is 17.1 Å². The molecule has 3 atom stereocenters. The van der Waals surface area contributed by atoms with Gasteiger partial charge in [0, 0.05) is 22.7 Å². The van der Waals surface area contributed by atoms with Gasteiger partial charge >= 0.3 is 0 Å². The van der Waals surface area contributed by atoms with Gasteiger partial charge in [-0.2, -0.15) is 0 Å². The molecule has 1 spiro atoms. The van der Waals surface area contributed by atoms with E-state index in [1.807, 2.05) is 71.6 Å². The molecular weight excluding hydrogens is 477 g/mol. The number of para-hydroxylation sites is 1. The summed E-state index contributed by atoms with van der Waals surface area (Å²) < 4.78 is 15.1. The van der Waals surface area contributed by atoms with Crippen molar-refractivity contribution in [2.75, 3.05) is 4.90 Å². The minimum absolute atomic E-state index is 0.0586. The highest BCUT2D eigenvalue weighted by molar-refractivity contribution is 6.32. The zero-order chi connectivity index (χ0) is 26.0. The molecule has 2 heterocycles. The van der Waals surface area contributed by atoms with Crippen molar-refractivity contribution >= 4 is 29.1 Å². The first-order valence-electron chi connectivity index (χ1n) is 12.6. The number of halogens is 1. The van der Waals surface area contributed by atoms with Crippen LogP contribution in [0.2, 0.25) is 0 Å². The summed E-state index contributed by atoms with van der Waals surface area (Å²) in [4.78, 5) is 45.3. The fraction of sp³-hybridized carbons (Fsp3) is 0.121. The van der Waals surface area contributed by atoms with Crippen molar-refractivity contribution in [2.24, 2.45) is 5.41 Å².